The lowest BCUT2D eigenvalue weighted by molar-refractivity contribution is -0.117. The number of carbonyl (C=O) groups excluding carboxylic acids is 3. The molecule has 4 N–H and O–H groups in total. The van der Waals surface area contributed by atoms with E-state index in [1.54, 1.807) is 49.6 Å². The lowest BCUT2D eigenvalue weighted by Crippen LogP contribution is -2.48. The Balaban J connectivity index is 1.81. The van der Waals surface area contributed by atoms with Crippen molar-refractivity contribution in [1.82, 2.24) is 16.2 Å². The average molecular weight is 455 g/mol. The van der Waals surface area contributed by atoms with Gasteiger partial charge in [-0.05, 0) is 54.5 Å². The van der Waals surface area contributed by atoms with Gasteiger partial charge in [0, 0.05) is 29.3 Å². The minimum absolute atomic E-state index is 0.0643. The standard InChI is InChI=1S/C23H26N4O4S/c1-15(2)14-21(29)24-18-11-8-17(9-12-18)22(30)26-27-23(32)25-20(28)13-10-16-6-4-5-7-19(16)31-3/h4-13,15H,14H2,1-3H3,(H,24,29)(H,26,30)(H2,25,27,28,32). The maximum absolute atomic E-state index is 12.2. The van der Waals surface area contributed by atoms with Crippen LogP contribution in [0.25, 0.3) is 6.08 Å². The van der Waals surface area contributed by atoms with Crippen molar-refractivity contribution < 1.29 is 19.1 Å². The van der Waals surface area contributed by atoms with Gasteiger partial charge in [0.25, 0.3) is 5.91 Å². The SMILES string of the molecule is COc1ccccc1C=CC(=O)NC(=S)NNC(=O)c1ccc(NC(=O)CC(C)C)cc1. The minimum Gasteiger partial charge on any atom is -0.496 e. The predicted molar refractivity (Wildman–Crippen MR) is 128 cm³/mol. The summed E-state index contributed by atoms with van der Waals surface area (Å²) in [6.45, 7) is 3.92. The molecule has 8 nitrogen and oxygen atoms in total. The Labute approximate surface area is 192 Å². The second kappa shape index (κ2) is 12.2. The van der Waals surface area contributed by atoms with Crippen LogP contribution in [0.4, 0.5) is 5.69 Å². The zero-order valence-corrected chi connectivity index (χ0v) is 18.9. The summed E-state index contributed by atoms with van der Waals surface area (Å²) in [5.41, 5.74) is 6.57. The van der Waals surface area contributed by atoms with E-state index in [0.29, 0.717) is 23.4 Å². The van der Waals surface area contributed by atoms with Crippen molar-refractivity contribution in [2.24, 2.45) is 5.92 Å². The first-order valence-electron chi connectivity index (χ1n) is 9.90. The molecule has 0 heterocycles. The van der Waals surface area contributed by atoms with Gasteiger partial charge >= 0.3 is 0 Å². The molecule has 0 aliphatic heterocycles. The number of hydrazine groups is 1. The Bertz CT molecular complexity index is 1000. The van der Waals surface area contributed by atoms with Crippen LogP contribution in [0.2, 0.25) is 0 Å². The summed E-state index contributed by atoms with van der Waals surface area (Å²) < 4.78 is 5.22. The molecule has 0 bridgehead atoms. The smallest absolute Gasteiger partial charge is 0.269 e. The van der Waals surface area contributed by atoms with Gasteiger partial charge in [0.15, 0.2) is 5.11 Å². The van der Waals surface area contributed by atoms with Gasteiger partial charge in [0.2, 0.25) is 11.8 Å². The second-order valence-corrected chi connectivity index (χ2v) is 7.60. The van der Waals surface area contributed by atoms with E-state index < -0.39 is 11.8 Å². The van der Waals surface area contributed by atoms with Gasteiger partial charge in [0.05, 0.1) is 7.11 Å². The third kappa shape index (κ3) is 8.19. The molecule has 0 aliphatic rings. The second-order valence-electron chi connectivity index (χ2n) is 7.20. The number of amides is 3. The average Bonchev–Trinajstić information content (AvgIpc) is 2.76. The van der Waals surface area contributed by atoms with Gasteiger partial charge in [-0.25, -0.2) is 0 Å². The van der Waals surface area contributed by atoms with E-state index in [2.05, 4.69) is 21.5 Å². The molecule has 0 spiro atoms. The van der Waals surface area contributed by atoms with Crippen LogP contribution in [-0.4, -0.2) is 29.9 Å². The fraction of sp³-hybridized carbons (Fsp3) is 0.217. The number of methoxy groups -OCH3 is 1. The molecule has 0 radical (unpaired) electrons. The molecule has 0 saturated carbocycles. The first kappa shape index (κ1) is 24.5. The highest BCUT2D eigenvalue weighted by molar-refractivity contribution is 7.80. The van der Waals surface area contributed by atoms with Crippen LogP contribution >= 0.6 is 12.2 Å². The molecule has 168 valence electrons. The van der Waals surface area contributed by atoms with E-state index in [0.717, 1.165) is 5.56 Å². The van der Waals surface area contributed by atoms with Gasteiger partial charge in [-0.3, -0.25) is 30.6 Å². The largest absolute Gasteiger partial charge is 0.496 e. The number of carbonyl (C=O) groups is 3. The molecular formula is C23H26N4O4S. The lowest BCUT2D eigenvalue weighted by atomic mass is 10.1. The van der Waals surface area contributed by atoms with Crippen LogP contribution in [0.3, 0.4) is 0 Å². The zero-order chi connectivity index (χ0) is 23.5. The Morgan fingerprint density at radius 2 is 1.72 bits per heavy atom. The van der Waals surface area contributed by atoms with Crippen molar-refractivity contribution in [3.63, 3.8) is 0 Å². The van der Waals surface area contributed by atoms with Crippen molar-refractivity contribution in [1.29, 1.82) is 0 Å². The molecule has 0 aliphatic carbocycles. The lowest BCUT2D eigenvalue weighted by Gasteiger charge is -2.11. The molecule has 0 unspecified atom stereocenters. The Morgan fingerprint density at radius 3 is 2.38 bits per heavy atom. The Hall–Kier alpha value is -3.72. The number of rotatable bonds is 7. The van der Waals surface area contributed by atoms with E-state index in [1.165, 1.54) is 6.08 Å². The minimum atomic E-state index is -0.468. The van der Waals surface area contributed by atoms with Crippen LogP contribution in [-0.2, 0) is 9.59 Å². The van der Waals surface area contributed by atoms with Gasteiger partial charge in [-0.2, -0.15) is 0 Å². The van der Waals surface area contributed by atoms with E-state index in [9.17, 15) is 14.4 Å². The summed E-state index contributed by atoms with van der Waals surface area (Å²) in [4.78, 5) is 36.1. The number of para-hydroxylation sites is 1. The number of hydrogen-bond donors (Lipinski definition) is 4. The summed E-state index contributed by atoms with van der Waals surface area (Å²) in [7, 11) is 1.55. The fourth-order valence-corrected chi connectivity index (χ4v) is 2.78. The molecule has 2 rings (SSSR count). The van der Waals surface area contributed by atoms with E-state index >= 15 is 0 Å². The molecule has 0 saturated heterocycles. The number of anilines is 1. The number of nitrogens with one attached hydrogen (secondary N) is 4. The quantitative estimate of drug-likeness (QED) is 0.291. The van der Waals surface area contributed by atoms with Crippen LogP contribution in [0.15, 0.2) is 54.6 Å². The summed E-state index contributed by atoms with van der Waals surface area (Å²) in [5, 5.41) is 5.14. The molecule has 2 aromatic rings. The molecule has 0 atom stereocenters. The van der Waals surface area contributed by atoms with E-state index in [-0.39, 0.29) is 16.9 Å². The maximum atomic E-state index is 12.2. The van der Waals surface area contributed by atoms with Gasteiger partial charge in [0.1, 0.15) is 5.75 Å². The van der Waals surface area contributed by atoms with Crippen molar-refractivity contribution in [3.8, 4) is 5.75 Å². The van der Waals surface area contributed by atoms with Gasteiger partial charge in [-0.15, -0.1) is 0 Å². The summed E-state index contributed by atoms with van der Waals surface area (Å²) in [6, 6.07) is 13.7. The van der Waals surface area contributed by atoms with E-state index in [1.807, 2.05) is 26.0 Å². The fourth-order valence-electron chi connectivity index (χ4n) is 2.63. The van der Waals surface area contributed by atoms with Crippen molar-refractivity contribution >= 4 is 46.8 Å². The van der Waals surface area contributed by atoms with Gasteiger partial charge < -0.3 is 10.1 Å². The normalized spacial score (nSPS) is 10.5. The highest BCUT2D eigenvalue weighted by atomic mass is 32.1. The van der Waals surface area contributed by atoms with Crippen molar-refractivity contribution in [3.05, 3.63) is 65.7 Å². The third-order valence-corrected chi connectivity index (χ3v) is 4.31. The first-order valence-corrected chi connectivity index (χ1v) is 10.3. The van der Waals surface area contributed by atoms with Crippen molar-refractivity contribution in [2.45, 2.75) is 20.3 Å². The molecule has 32 heavy (non-hydrogen) atoms. The molecular weight excluding hydrogens is 428 g/mol. The zero-order valence-electron chi connectivity index (χ0n) is 18.1. The monoisotopic (exact) mass is 454 g/mol. The molecule has 0 fully saturated rings. The van der Waals surface area contributed by atoms with Crippen LogP contribution in [0.1, 0.15) is 36.2 Å². The van der Waals surface area contributed by atoms with Crippen LogP contribution < -0.4 is 26.2 Å². The Kier molecular flexibility index (Phi) is 9.37. The summed E-state index contributed by atoms with van der Waals surface area (Å²) >= 11 is 5.02. The first-order chi connectivity index (χ1) is 15.3. The van der Waals surface area contributed by atoms with Crippen LogP contribution in [0.5, 0.6) is 5.75 Å². The molecule has 0 aromatic heterocycles. The van der Waals surface area contributed by atoms with Crippen LogP contribution in [0, 0.1) is 5.92 Å². The van der Waals surface area contributed by atoms with Crippen molar-refractivity contribution in [2.75, 3.05) is 12.4 Å². The summed E-state index contributed by atoms with van der Waals surface area (Å²) in [5.74, 6) is -0.114. The predicted octanol–water partition coefficient (Wildman–Crippen LogP) is 3.03. The number of thiocarbonyl (C=S) groups is 1. The molecule has 9 heteroatoms. The summed E-state index contributed by atoms with van der Waals surface area (Å²) in [6.07, 6.45) is 3.32. The topological polar surface area (TPSA) is 109 Å². The molecule has 3 amide bonds. The number of benzene rings is 2. The van der Waals surface area contributed by atoms with E-state index in [4.69, 9.17) is 17.0 Å². The van der Waals surface area contributed by atoms with Gasteiger partial charge in [-0.1, -0.05) is 32.0 Å². The Morgan fingerprint density at radius 1 is 1.03 bits per heavy atom. The number of ether oxygens (including phenoxy) is 1. The maximum Gasteiger partial charge on any atom is 0.269 e. The highest BCUT2D eigenvalue weighted by Crippen LogP contribution is 2.18. The molecule has 2 aromatic carbocycles. The third-order valence-electron chi connectivity index (χ3n) is 4.10. The number of hydrogen-bond acceptors (Lipinski definition) is 5. The highest BCUT2D eigenvalue weighted by Gasteiger charge is 2.09.